The average molecular weight is 262 g/mol. The molecule has 1 unspecified atom stereocenters. The molecule has 5 nitrogen and oxygen atoms in total. The van der Waals surface area contributed by atoms with E-state index in [-0.39, 0.29) is 0 Å². The molecule has 0 radical (unpaired) electrons. The smallest absolute Gasteiger partial charge is 0.0869 e. The molecule has 2 heterocycles. The van der Waals surface area contributed by atoms with Gasteiger partial charge in [0.05, 0.1) is 17.3 Å². The van der Waals surface area contributed by atoms with Crippen molar-refractivity contribution in [3.63, 3.8) is 0 Å². The van der Waals surface area contributed by atoms with Gasteiger partial charge in [-0.3, -0.25) is 0 Å². The Balaban J connectivity index is 1.92. The van der Waals surface area contributed by atoms with Crippen molar-refractivity contribution >= 4 is 5.52 Å². The Morgan fingerprint density at radius 3 is 2.95 bits per heavy atom. The molecule has 5 heteroatoms. The highest BCUT2D eigenvalue weighted by Gasteiger charge is 2.20. The number of likely N-dealkylation sites (N-methyl/N-ethyl adjacent to an activating group) is 1. The number of fused-ring (bicyclic) bond motifs is 1. The number of rotatable bonds is 6. The maximum atomic E-state index is 10.2. The highest BCUT2D eigenvalue weighted by Crippen LogP contribution is 2.10. The lowest BCUT2D eigenvalue weighted by molar-refractivity contribution is 0.0336. The molecule has 1 atom stereocenters. The highest BCUT2D eigenvalue weighted by atomic mass is 16.3. The largest absolute Gasteiger partial charge is 0.388 e. The van der Waals surface area contributed by atoms with Crippen molar-refractivity contribution in [2.24, 2.45) is 0 Å². The monoisotopic (exact) mass is 262 g/mol. The van der Waals surface area contributed by atoms with Crippen LogP contribution in [0.25, 0.3) is 5.52 Å². The van der Waals surface area contributed by atoms with E-state index in [2.05, 4.69) is 10.4 Å². The quantitative estimate of drug-likeness (QED) is 0.806. The summed E-state index contributed by atoms with van der Waals surface area (Å²) < 4.78 is 1.86. The number of pyridine rings is 1. The SMILES string of the molecule is CN(C)CC(C)(O)CNCc1cnn2ccccc12. The van der Waals surface area contributed by atoms with E-state index < -0.39 is 5.60 Å². The van der Waals surface area contributed by atoms with Gasteiger partial charge in [0.25, 0.3) is 0 Å². The zero-order valence-corrected chi connectivity index (χ0v) is 11.8. The standard InChI is InChI=1S/C14H22N4O/c1-14(19,11-17(2)3)10-15-8-12-9-16-18-7-5-4-6-13(12)18/h4-7,9,15,19H,8,10-11H2,1-3H3. The fourth-order valence-corrected chi connectivity index (χ4v) is 2.33. The van der Waals surface area contributed by atoms with E-state index in [4.69, 9.17) is 0 Å². The molecule has 2 rings (SSSR count). The van der Waals surface area contributed by atoms with Crippen LogP contribution in [0.5, 0.6) is 0 Å². The molecule has 0 amide bonds. The summed E-state index contributed by atoms with van der Waals surface area (Å²) in [6.45, 7) is 3.73. The molecule has 2 aromatic heterocycles. The van der Waals surface area contributed by atoms with Crippen LogP contribution in [0.3, 0.4) is 0 Å². The highest BCUT2D eigenvalue weighted by molar-refractivity contribution is 5.53. The van der Waals surface area contributed by atoms with Crippen molar-refractivity contribution in [2.45, 2.75) is 19.1 Å². The lowest BCUT2D eigenvalue weighted by Crippen LogP contribution is -2.45. The van der Waals surface area contributed by atoms with Crippen molar-refractivity contribution in [1.82, 2.24) is 19.8 Å². The first-order valence-electron chi connectivity index (χ1n) is 6.47. The molecule has 2 N–H and O–H groups in total. The summed E-state index contributed by atoms with van der Waals surface area (Å²) >= 11 is 0. The fraction of sp³-hybridized carbons (Fsp3) is 0.500. The van der Waals surface area contributed by atoms with Crippen LogP contribution >= 0.6 is 0 Å². The molecule has 0 aromatic carbocycles. The molecular formula is C14H22N4O. The predicted octanol–water partition coefficient (Wildman–Crippen LogP) is 0.736. The Labute approximate surface area is 113 Å². The van der Waals surface area contributed by atoms with Gasteiger partial charge in [0.2, 0.25) is 0 Å². The first-order chi connectivity index (χ1) is 8.98. The predicted molar refractivity (Wildman–Crippen MR) is 76.1 cm³/mol. The van der Waals surface area contributed by atoms with E-state index in [0.29, 0.717) is 19.6 Å². The van der Waals surface area contributed by atoms with Gasteiger partial charge < -0.3 is 15.3 Å². The van der Waals surface area contributed by atoms with E-state index >= 15 is 0 Å². The van der Waals surface area contributed by atoms with Gasteiger partial charge in [0.1, 0.15) is 0 Å². The molecule has 19 heavy (non-hydrogen) atoms. The molecule has 0 aliphatic carbocycles. The molecular weight excluding hydrogens is 240 g/mol. The Morgan fingerprint density at radius 1 is 1.42 bits per heavy atom. The summed E-state index contributed by atoms with van der Waals surface area (Å²) in [6, 6.07) is 6.00. The zero-order valence-electron chi connectivity index (χ0n) is 11.8. The van der Waals surface area contributed by atoms with Crippen LogP contribution in [0.2, 0.25) is 0 Å². The molecule has 0 spiro atoms. The van der Waals surface area contributed by atoms with E-state index in [1.807, 2.05) is 61.0 Å². The van der Waals surface area contributed by atoms with E-state index in [9.17, 15) is 5.11 Å². The third-order valence-corrected chi connectivity index (χ3v) is 2.98. The molecule has 0 saturated heterocycles. The second kappa shape index (κ2) is 5.69. The summed E-state index contributed by atoms with van der Waals surface area (Å²) in [5.41, 5.74) is 1.51. The van der Waals surface area contributed by atoms with Crippen molar-refractivity contribution in [2.75, 3.05) is 27.2 Å². The zero-order chi connectivity index (χ0) is 13.9. The third kappa shape index (κ3) is 3.76. The number of hydrogen-bond donors (Lipinski definition) is 2. The normalized spacial score (nSPS) is 15.0. The molecule has 2 aromatic rings. The Morgan fingerprint density at radius 2 is 2.21 bits per heavy atom. The minimum atomic E-state index is -0.730. The Hall–Kier alpha value is -1.43. The Bertz CT molecular complexity index is 533. The fourth-order valence-electron chi connectivity index (χ4n) is 2.33. The van der Waals surface area contributed by atoms with Gasteiger partial charge in [0.15, 0.2) is 0 Å². The minimum absolute atomic E-state index is 0.551. The molecule has 0 bridgehead atoms. The number of nitrogens with zero attached hydrogens (tertiary/aromatic N) is 3. The summed E-state index contributed by atoms with van der Waals surface area (Å²) in [5.74, 6) is 0. The second-order valence-electron chi connectivity index (χ2n) is 5.54. The van der Waals surface area contributed by atoms with Crippen molar-refractivity contribution in [3.8, 4) is 0 Å². The summed E-state index contributed by atoms with van der Waals surface area (Å²) in [6.07, 6.45) is 3.80. The first-order valence-corrected chi connectivity index (χ1v) is 6.47. The van der Waals surface area contributed by atoms with Gasteiger partial charge in [-0.1, -0.05) is 6.07 Å². The van der Waals surface area contributed by atoms with Gasteiger partial charge >= 0.3 is 0 Å². The van der Waals surface area contributed by atoms with E-state index in [0.717, 1.165) is 11.1 Å². The van der Waals surface area contributed by atoms with Gasteiger partial charge in [-0.05, 0) is 33.2 Å². The first kappa shape index (κ1) is 14.0. The topological polar surface area (TPSA) is 52.8 Å². The second-order valence-corrected chi connectivity index (χ2v) is 5.54. The number of aliphatic hydroxyl groups is 1. The summed E-state index contributed by atoms with van der Waals surface area (Å²) in [5, 5.41) is 17.8. The Kier molecular flexibility index (Phi) is 4.19. The van der Waals surface area contributed by atoms with Crippen LogP contribution in [0.4, 0.5) is 0 Å². The molecule has 0 saturated carbocycles. The van der Waals surface area contributed by atoms with Crippen LogP contribution in [0.1, 0.15) is 12.5 Å². The number of hydrogen-bond acceptors (Lipinski definition) is 4. The van der Waals surface area contributed by atoms with Crippen LogP contribution in [0, 0.1) is 0 Å². The molecule has 0 fully saturated rings. The lowest BCUT2D eigenvalue weighted by atomic mass is 10.1. The van der Waals surface area contributed by atoms with E-state index in [1.54, 1.807) is 0 Å². The average Bonchev–Trinajstić information content (AvgIpc) is 2.71. The van der Waals surface area contributed by atoms with Crippen molar-refractivity contribution in [1.29, 1.82) is 0 Å². The number of aromatic nitrogens is 2. The van der Waals surface area contributed by atoms with Gasteiger partial charge in [0, 0.05) is 31.4 Å². The lowest BCUT2D eigenvalue weighted by Gasteiger charge is -2.27. The summed E-state index contributed by atoms with van der Waals surface area (Å²) in [4.78, 5) is 1.98. The van der Waals surface area contributed by atoms with Crippen LogP contribution in [-0.2, 0) is 6.54 Å². The molecule has 0 aliphatic heterocycles. The molecule has 104 valence electrons. The molecule has 0 aliphatic rings. The van der Waals surface area contributed by atoms with Gasteiger partial charge in [-0.25, -0.2) is 4.52 Å². The summed E-state index contributed by atoms with van der Waals surface area (Å²) in [7, 11) is 3.92. The van der Waals surface area contributed by atoms with Crippen LogP contribution < -0.4 is 5.32 Å². The van der Waals surface area contributed by atoms with Crippen molar-refractivity contribution in [3.05, 3.63) is 36.2 Å². The maximum Gasteiger partial charge on any atom is 0.0869 e. The van der Waals surface area contributed by atoms with Crippen LogP contribution in [-0.4, -0.2) is 52.4 Å². The third-order valence-electron chi connectivity index (χ3n) is 2.98. The minimum Gasteiger partial charge on any atom is -0.388 e. The maximum absolute atomic E-state index is 10.2. The number of nitrogens with one attached hydrogen (secondary N) is 1. The van der Waals surface area contributed by atoms with E-state index in [1.165, 1.54) is 0 Å². The van der Waals surface area contributed by atoms with Gasteiger partial charge in [-0.2, -0.15) is 5.10 Å². The van der Waals surface area contributed by atoms with Gasteiger partial charge in [-0.15, -0.1) is 0 Å². The van der Waals surface area contributed by atoms with Crippen LogP contribution in [0.15, 0.2) is 30.6 Å². The van der Waals surface area contributed by atoms with Crippen molar-refractivity contribution < 1.29 is 5.11 Å².